The Morgan fingerprint density at radius 1 is 1.38 bits per heavy atom. The van der Waals surface area contributed by atoms with Crippen molar-refractivity contribution >= 4 is 22.0 Å². The molecule has 0 fully saturated rings. The van der Waals surface area contributed by atoms with Crippen molar-refractivity contribution in [2.45, 2.75) is 32.9 Å². The van der Waals surface area contributed by atoms with E-state index in [9.17, 15) is 4.79 Å². The van der Waals surface area contributed by atoms with E-state index in [1.165, 1.54) is 4.68 Å². The number of carbonyl (C=O) groups excluding carboxylic acids is 1. The summed E-state index contributed by atoms with van der Waals surface area (Å²) >= 11 is 3.19. The zero-order valence-electron chi connectivity index (χ0n) is 11.9. The Kier molecular flexibility index (Phi) is 4.51. The van der Waals surface area contributed by atoms with Gasteiger partial charge in [-0.15, -0.1) is 5.10 Å². The minimum absolute atomic E-state index is 0.145. The highest BCUT2D eigenvalue weighted by Crippen LogP contribution is 2.10. The van der Waals surface area contributed by atoms with Gasteiger partial charge >= 0.3 is 6.09 Å². The molecule has 9 heteroatoms. The number of hydrogen-bond acceptors (Lipinski definition) is 6. The molecule has 2 aromatic rings. The van der Waals surface area contributed by atoms with Gasteiger partial charge in [0.05, 0.1) is 6.54 Å². The normalized spacial score (nSPS) is 11.2. The number of aromatic nitrogens is 5. The predicted octanol–water partition coefficient (Wildman–Crippen LogP) is 1.84. The maximum atomic E-state index is 11.7. The third-order valence-corrected chi connectivity index (χ3v) is 2.52. The summed E-state index contributed by atoms with van der Waals surface area (Å²) in [6.45, 7) is 5.53. The number of carbonyl (C=O) groups is 1. The van der Waals surface area contributed by atoms with E-state index in [0.29, 0.717) is 16.5 Å². The van der Waals surface area contributed by atoms with Gasteiger partial charge in [-0.05, 0) is 42.8 Å². The summed E-state index contributed by atoms with van der Waals surface area (Å²) in [6.07, 6.45) is 2.67. The van der Waals surface area contributed by atoms with Crippen molar-refractivity contribution in [3.05, 3.63) is 29.0 Å². The summed E-state index contributed by atoms with van der Waals surface area (Å²) in [6, 6.07) is 1.70. The van der Waals surface area contributed by atoms with Crippen LogP contribution in [-0.2, 0) is 11.3 Å². The first-order valence-electron chi connectivity index (χ1n) is 6.21. The largest absolute Gasteiger partial charge is 0.444 e. The van der Waals surface area contributed by atoms with Crippen LogP contribution in [0.1, 0.15) is 26.6 Å². The molecule has 8 nitrogen and oxygen atoms in total. The highest BCUT2D eigenvalue weighted by atomic mass is 79.9. The lowest BCUT2D eigenvalue weighted by atomic mass is 10.2. The van der Waals surface area contributed by atoms with Crippen molar-refractivity contribution in [3.8, 4) is 5.95 Å². The maximum Gasteiger partial charge on any atom is 0.408 e. The van der Waals surface area contributed by atoms with E-state index >= 15 is 0 Å². The number of halogens is 1. The van der Waals surface area contributed by atoms with Crippen molar-refractivity contribution < 1.29 is 9.53 Å². The maximum absolute atomic E-state index is 11.7. The quantitative estimate of drug-likeness (QED) is 0.903. The van der Waals surface area contributed by atoms with Gasteiger partial charge < -0.3 is 10.1 Å². The van der Waals surface area contributed by atoms with Crippen LogP contribution in [0.2, 0.25) is 0 Å². The molecule has 112 valence electrons. The Morgan fingerprint density at radius 2 is 2.05 bits per heavy atom. The molecule has 21 heavy (non-hydrogen) atoms. The van der Waals surface area contributed by atoms with Crippen LogP contribution in [0.3, 0.4) is 0 Å². The fourth-order valence-electron chi connectivity index (χ4n) is 1.46. The highest BCUT2D eigenvalue weighted by Gasteiger charge is 2.18. The third-order valence-electron chi connectivity index (χ3n) is 2.18. The molecule has 0 atom stereocenters. The van der Waals surface area contributed by atoms with Crippen molar-refractivity contribution in [3.63, 3.8) is 0 Å². The van der Waals surface area contributed by atoms with Gasteiger partial charge in [-0.3, -0.25) is 0 Å². The van der Waals surface area contributed by atoms with Crippen molar-refractivity contribution in [1.29, 1.82) is 0 Å². The molecule has 0 spiro atoms. The Hall–Kier alpha value is -2.03. The van der Waals surface area contributed by atoms with Gasteiger partial charge in [0.1, 0.15) is 5.60 Å². The smallest absolute Gasteiger partial charge is 0.408 e. The molecule has 1 amide bonds. The zero-order valence-corrected chi connectivity index (χ0v) is 13.5. The van der Waals surface area contributed by atoms with Gasteiger partial charge in [-0.25, -0.2) is 19.7 Å². The average Bonchev–Trinajstić information content (AvgIpc) is 2.77. The molecule has 0 saturated heterocycles. The average molecular weight is 355 g/mol. The third kappa shape index (κ3) is 4.48. The second-order valence-corrected chi connectivity index (χ2v) is 5.82. The number of ether oxygens (including phenoxy) is 1. The van der Waals surface area contributed by atoms with E-state index in [-0.39, 0.29) is 6.54 Å². The summed E-state index contributed by atoms with van der Waals surface area (Å²) in [5, 5.41) is 6.76. The molecule has 2 rings (SSSR count). The van der Waals surface area contributed by atoms with Gasteiger partial charge in [-0.1, -0.05) is 0 Å². The van der Waals surface area contributed by atoms with Gasteiger partial charge in [0.15, 0.2) is 5.82 Å². The topological polar surface area (TPSA) is 94.8 Å². The first-order chi connectivity index (χ1) is 9.85. The lowest BCUT2D eigenvalue weighted by molar-refractivity contribution is 0.0522. The molecular weight excluding hydrogens is 340 g/mol. The summed E-state index contributed by atoms with van der Waals surface area (Å²) in [7, 11) is 0. The van der Waals surface area contributed by atoms with E-state index in [0.717, 1.165) is 0 Å². The van der Waals surface area contributed by atoms with Crippen LogP contribution in [-0.4, -0.2) is 36.4 Å². The molecule has 0 saturated carbocycles. The fourth-order valence-corrected chi connectivity index (χ4v) is 1.82. The van der Waals surface area contributed by atoms with Crippen LogP contribution in [0, 0.1) is 0 Å². The predicted molar refractivity (Wildman–Crippen MR) is 77.7 cm³/mol. The zero-order chi connectivity index (χ0) is 15.5. The number of nitrogens with one attached hydrogen (secondary N) is 1. The molecule has 0 aliphatic heterocycles. The molecule has 2 aromatic heterocycles. The minimum Gasteiger partial charge on any atom is -0.444 e. The first-order valence-corrected chi connectivity index (χ1v) is 7.00. The molecular formula is C12H15BrN6O2. The summed E-state index contributed by atoms with van der Waals surface area (Å²) in [4.78, 5) is 24.0. The second kappa shape index (κ2) is 6.17. The molecule has 0 aliphatic rings. The number of rotatable bonds is 3. The Balaban J connectivity index is 2.09. The summed E-state index contributed by atoms with van der Waals surface area (Å²) < 4.78 is 6.99. The van der Waals surface area contributed by atoms with E-state index < -0.39 is 11.7 Å². The van der Waals surface area contributed by atoms with Gasteiger partial charge in [0.2, 0.25) is 4.73 Å². The molecule has 0 aromatic carbocycles. The van der Waals surface area contributed by atoms with Crippen molar-refractivity contribution in [2.24, 2.45) is 0 Å². The van der Waals surface area contributed by atoms with E-state index in [4.69, 9.17) is 4.74 Å². The van der Waals surface area contributed by atoms with E-state index in [1.807, 2.05) is 0 Å². The number of alkyl carbamates (subject to hydrolysis) is 1. The van der Waals surface area contributed by atoms with Crippen molar-refractivity contribution in [1.82, 2.24) is 30.0 Å². The number of amides is 1. The van der Waals surface area contributed by atoms with Gasteiger partial charge in [0, 0.05) is 12.4 Å². The number of hydrogen-bond donors (Lipinski definition) is 1. The molecule has 1 N–H and O–H groups in total. The Morgan fingerprint density at radius 3 is 2.67 bits per heavy atom. The molecule has 0 aliphatic carbocycles. The van der Waals surface area contributed by atoms with Crippen LogP contribution in [0.15, 0.2) is 23.2 Å². The lowest BCUT2D eigenvalue weighted by Gasteiger charge is -2.19. The SMILES string of the molecule is CC(C)(C)OC(=O)NCc1nc(Br)nn1-c1ncccn1. The van der Waals surface area contributed by atoms with E-state index in [1.54, 1.807) is 39.2 Å². The monoisotopic (exact) mass is 354 g/mol. The molecule has 0 radical (unpaired) electrons. The van der Waals surface area contributed by atoms with Crippen LogP contribution >= 0.6 is 15.9 Å². The van der Waals surface area contributed by atoms with E-state index in [2.05, 4.69) is 41.3 Å². The summed E-state index contributed by atoms with van der Waals surface area (Å²) in [5.74, 6) is 0.857. The van der Waals surface area contributed by atoms with Crippen LogP contribution in [0.5, 0.6) is 0 Å². The lowest BCUT2D eigenvalue weighted by Crippen LogP contribution is -2.32. The van der Waals surface area contributed by atoms with Crippen LogP contribution in [0.25, 0.3) is 5.95 Å². The fraction of sp³-hybridized carbons (Fsp3) is 0.417. The number of nitrogens with zero attached hydrogens (tertiary/aromatic N) is 5. The highest BCUT2D eigenvalue weighted by molar-refractivity contribution is 9.10. The minimum atomic E-state index is -0.555. The van der Waals surface area contributed by atoms with Gasteiger partial charge in [0.25, 0.3) is 5.95 Å². The molecule has 0 bridgehead atoms. The Labute approximate surface area is 130 Å². The summed E-state index contributed by atoms with van der Waals surface area (Å²) in [5.41, 5.74) is -0.555. The molecule has 0 unspecified atom stereocenters. The Bertz CT molecular complexity index is 622. The molecule has 2 heterocycles. The van der Waals surface area contributed by atoms with Gasteiger partial charge in [-0.2, -0.15) is 4.68 Å². The van der Waals surface area contributed by atoms with Crippen LogP contribution < -0.4 is 5.32 Å². The standard InChI is InChI=1S/C12H15BrN6O2/c1-12(2,3)21-11(20)16-7-8-17-9(13)18-19(8)10-14-5-4-6-15-10/h4-6H,7H2,1-3H3,(H,16,20). The first kappa shape index (κ1) is 15.4. The second-order valence-electron chi connectivity index (χ2n) is 5.11. The van der Waals surface area contributed by atoms with Crippen molar-refractivity contribution in [2.75, 3.05) is 0 Å². The van der Waals surface area contributed by atoms with Crippen LogP contribution in [0.4, 0.5) is 4.79 Å².